The molecule has 1 fully saturated rings. The first-order chi connectivity index (χ1) is 13.0. The molecule has 5 heteroatoms. The van der Waals surface area contributed by atoms with Gasteiger partial charge in [0.2, 0.25) is 5.91 Å². The van der Waals surface area contributed by atoms with Crippen LogP contribution in [0.25, 0.3) is 11.1 Å². The topological polar surface area (TPSA) is 52.7 Å². The van der Waals surface area contributed by atoms with Gasteiger partial charge in [0.05, 0.1) is 6.04 Å². The zero-order valence-electron chi connectivity index (χ0n) is 16.0. The number of benzene rings is 2. The summed E-state index contributed by atoms with van der Waals surface area (Å²) in [5, 5.41) is 3.08. The van der Waals surface area contributed by atoms with Crippen molar-refractivity contribution >= 4 is 11.9 Å². The average molecular weight is 365 g/mol. The molecule has 0 spiro atoms. The van der Waals surface area contributed by atoms with E-state index in [4.69, 9.17) is 0 Å². The monoisotopic (exact) mass is 365 g/mol. The normalized spacial score (nSPS) is 15.8. The van der Waals surface area contributed by atoms with Crippen molar-refractivity contribution < 1.29 is 9.59 Å². The number of amides is 3. The lowest BCUT2D eigenvalue weighted by atomic mass is 10.0. The Morgan fingerprint density at radius 2 is 1.44 bits per heavy atom. The maximum absolute atomic E-state index is 12.6. The molecular formula is C22H27N3O2. The van der Waals surface area contributed by atoms with E-state index in [1.807, 2.05) is 25.1 Å². The van der Waals surface area contributed by atoms with Gasteiger partial charge in [0.25, 0.3) is 0 Å². The molecule has 1 saturated heterocycles. The molecule has 0 radical (unpaired) electrons. The summed E-state index contributed by atoms with van der Waals surface area (Å²) in [6.07, 6.45) is 0.813. The Kier molecular flexibility index (Phi) is 6.12. The first kappa shape index (κ1) is 19.0. The second kappa shape index (κ2) is 8.71. The minimum absolute atomic E-state index is 0.0694. The summed E-state index contributed by atoms with van der Waals surface area (Å²) in [5.74, 6) is 0.0733. The molecule has 27 heavy (non-hydrogen) atoms. The van der Waals surface area contributed by atoms with Gasteiger partial charge in [-0.1, -0.05) is 54.6 Å². The van der Waals surface area contributed by atoms with Crippen LogP contribution in [-0.4, -0.2) is 47.9 Å². The standard InChI is InChI=1S/C22H27N3O2/c1-17(19-9-11-21(12-10-19)20-7-4-3-5-8-20)23-22(27)25-14-6-13-24(15-16-25)18(2)26/h3-5,7-12,17H,6,13-16H2,1-2H3,(H,23,27). The predicted molar refractivity (Wildman–Crippen MR) is 107 cm³/mol. The van der Waals surface area contributed by atoms with Crippen molar-refractivity contribution in [3.8, 4) is 11.1 Å². The minimum atomic E-state index is -0.0745. The van der Waals surface area contributed by atoms with Crippen molar-refractivity contribution in [3.63, 3.8) is 0 Å². The second-order valence-corrected chi connectivity index (χ2v) is 7.01. The summed E-state index contributed by atoms with van der Waals surface area (Å²) in [5.41, 5.74) is 3.42. The van der Waals surface area contributed by atoms with Gasteiger partial charge in [-0.3, -0.25) is 4.79 Å². The summed E-state index contributed by atoms with van der Waals surface area (Å²) in [7, 11) is 0. The van der Waals surface area contributed by atoms with Gasteiger partial charge in [0.1, 0.15) is 0 Å². The van der Waals surface area contributed by atoms with Crippen LogP contribution in [0.15, 0.2) is 54.6 Å². The third-order valence-corrected chi connectivity index (χ3v) is 5.09. The number of rotatable bonds is 3. The number of carbonyl (C=O) groups excluding carboxylic acids is 2. The van der Waals surface area contributed by atoms with Crippen LogP contribution in [0.2, 0.25) is 0 Å². The van der Waals surface area contributed by atoms with E-state index in [1.165, 1.54) is 5.56 Å². The fourth-order valence-corrected chi connectivity index (χ4v) is 3.39. The molecule has 0 bridgehead atoms. The fourth-order valence-electron chi connectivity index (χ4n) is 3.39. The lowest BCUT2D eigenvalue weighted by molar-refractivity contribution is -0.128. The zero-order chi connectivity index (χ0) is 19.2. The Hall–Kier alpha value is -2.82. The van der Waals surface area contributed by atoms with Crippen LogP contribution >= 0.6 is 0 Å². The molecule has 1 N–H and O–H groups in total. The highest BCUT2D eigenvalue weighted by Gasteiger charge is 2.21. The van der Waals surface area contributed by atoms with Gasteiger partial charge in [-0.25, -0.2) is 4.79 Å². The number of nitrogens with zero attached hydrogens (tertiary/aromatic N) is 2. The first-order valence-electron chi connectivity index (χ1n) is 9.51. The quantitative estimate of drug-likeness (QED) is 0.902. The van der Waals surface area contributed by atoms with E-state index in [2.05, 4.69) is 41.7 Å². The molecule has 0 aliphatic carbocycles. The zero-order valence-corrected chi connectivity index (χ0v) is 16.0. The molecular weight excluding hydrogens is 338 g/mol. The molecule has 3 rings (SSSR count). The Morgan fingerprint density at radius 1 is 0.852 bits per heavy atom. The van der Waals surface area contributed by atoms with Crippen LogP contribution in [0.4, 0.5) is 4.79 Å². The molecule has 1 aliphatic rings. The van der Waals surface area contributed by atoms with Crippen LogP contribution in [0.3, 0.4) is 0 Å². The van der Waals surface area contributed by atoms with E-state index in [0.717, 1.165) is 24.1 Å². The molecule has 5 nitrogen and oxygen atoms in total. The van der Waals surface area contributed by atoms with Crippen LogP contribution in [0.1, 0.15) is 31.9 Å². The molecule has 2 aromatic rings. The smallest absolute Gasteiger partial charge is 0.317 e. The highest BCUT2D eigenvalue weighted by atomic mass is 16.2. The summed E-state index contributed by atoms with van der Waals surface area (Å²) in [6, 6.07) is 18.4. The largest absolute Gasteiger partial charge is 0.341 e. The SMILES string of the molecule is CC(=O)N1CCCN(C(=O)NC(C)c2ccc(-c3ccccc3)cc2)CC1. The van der Waals surface area contributed by atoms with Crippen LogP contribution in [0.5, 0.6) is 0 Å². The molecule has 1 unspecified atom stereocenters. The molecule has 0 saturated carbocycles. The van der Waals surface area contributed by atoms with Crippen LogP contribution in [0, 0.1) is 0 Å². The van der Waals surface area contributed by atoms with Crippen molar-refractivity contribution in [2.75, 3.05) is 26.2 Å². The lowest BCUT2D eigenvalue weighted by Gasteiger charge is -2.24. The third kappa shape index (κ3) is 4.88. The van der Waals surface area contributed by atoms with E-state index >= 15 is 0 Å². The number of nitrogens with one attached hydrogen (secondary N) is 1. The van der Waals surface area contributed by atoms with Crippen LogP contribution in [-0.2, 0) is 4.79 Å². The van der Waals surface area contributed by atoms with Gasteiger partial charge < -0.3 is 15.1 Å². The molecule has 3 amide bonds. The third-order valence-electron chi connectivity index (χ3n) is 5.09. The van der Waals surface area contributed by atoms with Gasteiger partial charge in [-0.05, 0) is 30.0 Å². The van der Waals surface area contributed by atoms with Gasteiger partial charge in [0.15, 0.2) is 0 Å². The van der Waals surface area contributed by atoms with Gasteiger partial charge in [-0.2, -0.15) is 0 Å². The Labute approximate surface area is 161 Å². The van der Waals surface area contributed by atoms with Crippen molar-refractivity contribution in [2.24, 2.45) is 0 Å². The number of hydrogen-bond donors (Lipinski definition) is 1. The van der Waals surface area contributed by atoms with Gasteiger partial charge >= 0.3 is 6.03 Å². The summed E-state index contributed by atoms with van der Waals surface area (Å²) in [4.78, 5) is 27.7. The highest BCUT2D eigenvalue weighted by molar-refractivity contribution is 5.76. The minimum Gasteiger partial charge on any atom is -0.341 e. The molecule has 1 aliphatic heterocycles. The second-order valence-electron chi connectivity index (χ2n) is 7.01. The maximum Gasteiger partial charge on any atom is 0.317 e. The van der Waals surface area contributed by atoms with Crippen molar-refractivity contribution in [1.29, 1.82) is 0 Å². The molecule has 2 aromatic carbocycles. The maximum atomic E-state index is 12.6. The fraction of sp³-hybridized carbons (Fsp3) is 0.364. The summed E-state index contributed by atoms with van der Waals surface area (Å²) < 4.78 is 0. The van der Waals surface area contributed by atoms with Gasteiger partial charge in [0, 0.05) is 33.1 Å². The van der Waals surface area contributed by atoms with Crippen molar-refractivity contribution in [3.05, 3.63) is 60.2 Å². The van der Waals surface area contributed by atoms with E-state index in [-0.39, 0.29) is 18.0 Å². The van der Waals surface area contributed by atoms with E-state index < -0.39 is 0 Å². The Morgan fingerprint density at radius 3 is 2.11 bits per heavy atom. The Balaban J connectivity index is 1.59. The Bertz CT molecular complexity index is 774. The van der Waals surface area contributed by atoms with E-state index in [0.29, 0.717) is 19.6 Å². The van der Waals surface area contributed by atoms with Crippen molar-refractivity contribution in [2.45, 2.75) is 26.3 Å². The highest BCUT2D eigenvalue weighted by Crippen LogP contribution is 2.22. The molecule has 1 atom stereocenters. The molecule has 1 heterocycles. The number of urea groups is 1. The number of hydrogen-bond acceptors (Lipinski definition) is 2. The van der Waals surface area contributed by atoms with Gasteiger partial charge in [-0.15, -0.1) is 0 Å². The number of carbonyl (C=O) groups is 2. The summed E-state index contributed by atoms with van der Waals surface area (Å²) >= 11 is 0. The molecule has 0 aromatic heterocycles. The van der Waals surface area contributed by atoms with E-state index in [1.54, 1.807) is 16.7 Å². The average Bonchev–Trinajstić information content (AvgIpc) is 2.95. The lowest BCUT2D eigenvalue weighted by Crippen LogP contribution is -2.43. The van der Waals surface area contributed by atoms with Crippen molar-refractivity contribution in [1.82, 2.24) is 15.1 Å². The molecule has 142 valence electrons. The summed E-state index contributed by atoms with van der Waals surface area (Å²) in [6.45, 7) is 6.14. The van der Waals surface area contributed by atoms with Crippen LogP contribution < -0.4 is 5.32 Å². The first-order valence-corrected chi connectivity index (χ1v) is 9.51. The predicted octanol–water partition coefficient (Wildman–Crippen LogP) is 3.68. The van der Waals surface area contributed by atoms with E-state index in [9.17, 15) is 9.59 Å².